The molecule has 1 amide bonds. The summed E-state index contributed by atoms with van der Waals surface area (Å²) in [5.41, 5.74) is 1.91. The van der Waals surface area contributed by atoms with Gasteiger partial charge in [0.2, 0.25) is 0 Å². The van der Waals surface area contributed by atoms with Gasteiger partial charge >= 0.3 is 0 Å². The molecule has 2 heterocycles. The number of aryl methyl sites for hydroxylation is 1. The number of benzene rings is 1. The van der Waals surface area contributed by atoms with Crippen LogP contribution in [-0.4, -0.2) is 39.1 Å². The van der Waals surface area contributed by atoms with Gasteiger partial charge in [0.1, 0.15) is 6.33 Å². The Morgan fingerprint density at radius 1 is 1.16 bits per heavy atom. The summed E-state index contributed by atoms with van der Waals surface area (Å²) in [6, 6.07) is 9.24. The first-order valence-corrected chi connectivity index (χ1v) is 8.82. The third-order valence-electron chi connectivity index (χ3n) is 4.80. The van der Waals surface area contributed by atoms with E-state index in [1.54, 1.807) is 6.20 Å². The molecule has 1 fully saturated rings. The molecule has 0 N–H and O–H groups in total. The van der Waals surface area contributed by atoms with Crippen molar-refractivity contribution >= 4 is 11.7 Å². The molecule has 0 radical (unpaired) electrons. The minimum atomic E-state index is -0.0673. The van der Waals surface area contributed by atoms with Gasteiger partial charge in [0.25, 0.3) is 5.91 Å². The van der Waals surface area contributed by atoms with E-state index >= 15 is 0 Å². The average Bonchev–Trinajstić information content (AvgIpc) is 2.88. The highest BCUT2D eigenvalue weighted by Crippen LogP contribution is 2.23. The van der Waals surface area contributed by atoms with E-state index in [1.807, 2.05) is 42.2 Å². The molecular formula is C20H23N3O2. The van der Waals surface area contributed by atoms with E-state index in [-0.39, 0.29) is 17.7 Å². The van der Waals surface area contributed by atoms with Crippen molar-refractivity contribution in [2.24, 2.45) is 0 Å². The van der Waals surface area contributed by atoms with Crippen LogP contribution < -0.4 is 0 Å². The summed E-state index contributed by atoms with van der Waals surface area (Å²) in [6.07, 6.45) is 7.34. The molecule has 0 aliphatic carbocycles. The van der Waals surface area contributed by atoms with E-state index < -0.39 is 0 Å². The zero-order valence-corrected chi connectivity index (χ0v) is 14.5. The zero-order valence-electron chi connectivity index (χ0n) is 14.5. The molecule has 1 aliphatic rings. The van der Waals surface area contributed by atoms with Gasteiger partial charge in [-0.2, -0.15) is 0 Å². The van der Waals surface area contributed by atoms with Gasteiger partial charge in [0.05, 0.1) is 11.3 Å². The van der Waals surface area contributed by atoms with Gasteiger partial charge in [0.15, 0.2) is 5.78 Å². The van der Waals surface area contributed by atoms with Gasteiger partial charge in [-0.25, -0.2) is 9.97 Å². The molecular weight excluding hydrogens is 314 g/mol. The molecule has 0 bridgehead atoms. The van der Waals surface area contributed by atoms with Crippen LogP contribution in [0.4, 0.5) is 0 Å². The highest BCUT2D eigenvalue weighted by Gasteiger charge is 2.29. The summed E-state index contributed by atoms with van der Waals surface area (Å²) in [4.78, 5) is 35.7. The Labute approximate surface area is 148 Å². The molecule has 2 aromatic rings. The number of amides is 1. The van der Waals surface area contributed by atoms with Gasteiger partial charge in [-0.1, -0.05) is 43.2 Å². The second kappa shape index (κ2) is 8.01. The van der Waals surface area contributed by atoms with Crippen LogP contribution in [0.3, 0.4) is 0 Å². The number of likely N-dealkylation sites (tertiary alicyclic amines) is 1. The first-order chi connectivity index (χ1) is 12.2. The van der Waals surface area contributed by atoms with Crippen LogP contribution in [0, 0.1) is 6.92 Å². The Morgan fingerprint density at radius 2 is 1.96 bits per heavy atom. The standard InChI is InChI=1S/C20H23N3O2/c1-15-18(13-21-14-22-15)20(25)23-11-7-3-6-10-17(23)12-19(24)16-8-4-2-5-9-16/h2,4-5,8-9,13-14,17H,3,6-7,10-12H2,1H3/t17-/m1/s1. The van der Waals surface area contributed by atoms with Crippen LogP contribution in [0.15, 0.2) is 42.9 Å². The minimum absolute atomic E-state index is 0.0640. The Kier molecular flexibility index (Phi) is 5.53. The van der Waals surface area contributed by atoms with Crippen LogP contribution in [0.2, 0.25) is 0 Å². The summed E-state index contributed by atoms with van der Waals surface area (Å²) in [6.45, 7) is 2.50. The number of ketones is 1. The van der Waals surface area contributed by atoms with Crippen LogP contribution in [0.1, 0.15) is 58.5 Å². The monoisotopic (exact) mass is 337 g/mol. The maximum Gasteiger partial charge on any atom is 0.257 e. The minimum Gasteiger partial charge on any atom is -0.335 e. The van der Waals surface area contributed by atoms with Crippen molar-refractivity contribution in [3.8, 4) is 0 Å². The molecule has 130 valence electrons. The molecule has 25 heavy (non-hydrogen) atoms. The number of rotatable bonds is 4. The second-order valence-corrected chi connectivity index (χ2v) is 6.52. The van der Waals surface area contributed by atoms with Crippen molar-refractivity contribution < 1.29 is 9.59 Å². The molecule has 0 saturated carbocycles. The number of carbonyl (C=O) groups is 2. The molecule has 1 aromatic carbocycles. The molecule has 0 spiro atoms. The molecule has 5 heteroatoms. The van der Waals surface area contributed by atoms with Crippen LogP contribution in [-0.2, 0) is 0 Å². The van der Waals surface area contributed by atoms with Crippen molar-refractivity contribution in [2.75, 3.05) is 6.54 Å². The van der Waals surface area contributed by atoms with Crippen molar-refractivity contribution in [3.05, 3.63) is 59.7 Å². The van der Waals surface area contributed by atoms with E-state index in [9.17, 15) is 9.59 Å². The quantitative estimate of drug-likeness (QED) is 0.802. The fraction of sp³-hybridized carbons (Fsp3) is 0.400. The predicted molar refractivity (Wildman–Crippen MR) is 95.5 cm³/mol. The first-order valence-electron chi connectivity index (χ1n) is 8.82. The fourth-order valence-corrected chi connectivity index (χ4v) is 3.37. The van der Waals surface area contributed by atoms with Crippen molar-refractivity contribution in [1.29, 1.82) is 0 Å². The molecule has 1 aromatic heterocycles. The maximum absolute atomic E-state index is 13.0. The lowest BCUT2D eigenvalue weighted by Crippen LogP contribution is -2.41. The van der Waals surface area contributed by atoms with Gasteiger partial charge in [-0.3, -0.25) is 9.59 Å². The molecule has 0 unspecified atom stereocenters. The normalized spacial score (nSPS) is 17.8. The summed E-state index contributed by atoms with van der Waals surface area (Å²) >= 11 is 0. The number of Topliss-reactive ketones (excluding diaryl/α,β-unsaturated/α-hetero) is 1. The van der Waals surface area contributed by atoms with Gasteiger partial charge in [0, 0.05) is 30.8 Å². The number of carbonyl (C=O) groups excluding carboxylic acids is 2. The molecule has 3 rings (SSSR count). The maximum atomic E-state index is 13.0. The SMILES string of the molecule is Cc1ncncc1C(=O)N1CCCCC[C@@H]1CC(=O)c1ccccc1. The summed E-state index contributed by atoms with van der Waals surface area (Å²) in [5.74, 6) is 0.0252. The summed E-state index contributed by atoms with van der Waals surface area (Å²) in [7, 11) is 0. The van der Waals surface area contributed by atoms with Crippen LogP contribution in [0.5, 0.6) is 0 Å². The summed E-state index contributed by atoms with van der Waals surface area (Å²) in [5, 5.41) is 0. The van der Waals surface area contributed by atoms with E-state index in [2.05, 4.69) is 9.97 Å². The van der Waals surface area contributed by atoms with E-state index in [0.717, 1.165) is 25.7 Å². The smallest absolute Gasteiger partial charge is 0.257 e. The van der Waals surface area contributed by atoms with Gasteiger partial charge in [-0.15, -0.1) is 0 Å². The number of hydrogen-bond acceptors (Lipinski definition) is 4. The molecule has 5 nitrogen and oxygen atoms in total. The van der Waals surface area contributed by atoms with Gasteiger partial charge < -0.3 is 4.90 Å². The Hall–Kier alpha value is -2.56. The lowest BCUT2D eigenvalue weighted by Gasteiger charge is -2.30. The third kappa shape index (κ3) is 4.10. The molecule has 1 aliphatic heterocycles. The van der Waals surface area contributed by atoms with Crippen molar-refractivity contribution in [1.82, 2.24) is 14.9 Å². The van der Waals surface area contributed by atoms with Crippen molar-refractivity contribution in [3.63, 3.8) is 0 Å². The second-order valence-electron chi connectivity index (χ2n) is 6.52. The third-order valence-corrected chi connectivity index (χ3v) is 4.80. The fourth-order valence-electron chi connectivity index (χ4n) is 3.37. The largest absolute Gasteiger partial charge is 0.335 e. The highest BCUT2D eigenvalue weighted by molar-refractivity contribution is 5.98. The van der Waals surface area contributed by atoms with Gasteiger partial charge in [-0.05, 0) is 19.8 Å². The Balaban J connectivity index is 1.81. The lowest BCUT2D eigenvalue weighted by molar-refractivity contribution is 0.0658. The Morgan fingerprint density at radius 3 is 2.72 bits per heavy atom. The molecule has 1 atom stereocenters. The van der Waals surface area contributed by atoms with Crippen LogP contribution >= 0.6 is 0 Å². The molecule has 1 saturated heterocycles. The Bertz CT molecular complexity index is 746. The summed E-state index contributed by atoms with van der Waals surface area (Å²) < 4.78 is 0. The average molecular weight is 337 g/mol. The van der Waals surface area contributed by atoms with E-state index in [4.69, 9.17) is 0 Å². The number of hydrogen-bond donors (Lipinski definition) is 0. The lowest BCUT2D eigenvalue weighted by atomic mass is 9.99. The van der Waals surface area contributed by atoms with E-state index in [1.165, 1.54) is 6.33 Å². The highest BCUT2D eigenvalue weighted by atomic mass is 16.2. The first kappa shape index (κ1) is 17.3. The predicted octanol–water partition coefficient (Wildman–Crippen LogP) is 3.44. The van der Waals surface area contributed by atoms with E-state index in [0.29, 0.717) is 29.8 Å². The number of aromatic nitrogens is 2. The van der Waals surface area contributed by atoms with Crippen LogP contribution in [0.25, 0.3) is 0 Å². The topological polar surface area (TPSA) is 63.2 Å². The number of nitrogens with zero attached hydrogens (tertiary/aromatic N) is 3. The van der Waals surface area contributed by atoms with Crippen molar-refractivity contribution in [2.45, 2.75) is 45.1 Å². The zero-order chi connectivity index (χ0) is 17.6.